The highest BCUT2D eigenvalue weighted by molar-refractivity contribution is 7.16. The lowest BCUT2D eigenvalue weighted by Gasteiger charge is -2.27. The molecule has 1 aliphatic heterocycles. The summed E-state index contributed by atoms with van der Waals surface area (Å²) in [4.78, 5) is 43.3. The van der Waals surface area contributed by atoms with Crippen LogP contribution in [0.1, 0.15) is 29.0 Å². The number of anilines is 1. The Balaban J connectivity index is 1.51. The molecule has 1 fully saturated rings. The maximum Gasteiger partial charge on any atom is 0.264 e. The predicted octanol–water partition coefficient (Wildman–Crippen LogP) is 4.04. The minimum absolute atomic E-state index is 0.156. The van der Waals surface area contributed by atoms with Gasteiger partial charge in [-0.1, -0.05) is 30.3 Å². The molecule has 6 rings (SSSR count). The fourth-order valence-corrected chi connectivity index (χ4v) is 5.36. The summed E-state index contributed by atoms with van der Waals surface area (Å²) in [6, 6.07) is 16.6. The maximum atomic E-state index is 14.2. The lowest BCUT2D eigenvalue weighted by atomic mass is 10.0. The number of nitrogens with one attached hydrogen (secondary N) is 1. The number of rotatable bonds is 5. The largest absolute Gasteiger partial charge is 0.378 e. The fourth-order valence-electron chi connectivity index (χ4n) is 4.74. The Bertz CT molecular complexity index is 1660. The van der Waals surface area contributed by atoms with Crippen molar-refractivity contribution in [3.8, 4) is 5.69 Å². The molecule has 5 aromatic rings. The number of carbonyl (C=O) groups is 1. The van der Waals surface area contributed by atoms with Gasteiger partial charge in [0, 0.05) is 24.5 Å². The molecule has 1 amide bonds. The number of morpholine rings is 1. The van der Waals surface area contributed by atoms with Crippen LogP contribution in [0.15, 0.2) is 71.2 Å². The number of aromatic nitrogens is 4. The van der Waals surface area contributed by atoms with E-state index in [0.717, 1.165) is 10.5 Å². The van der Waals surface area contributed by atoms with Crippen molar-refractivity contribution in [2.24, 2.45) is 0 Å². The van der Waals surface area contributed by atoms with Gasteiger partial charge >= 0.3 is 0 Å². The van der Waals surface area contributed by atoms with Crippen molar-refractivity contribution in [1.29, 1.82) is 0 Å². The van der Waals surface area contributed by atoms with Gasteiger partial charge in [-0.25, -0.2) is 15.0 Å². The maximum absolute atomic E-state index is 14.2. The van der Waals surface area contributed by atoms with Crippen LogP contribution in [-0.2, 0) is 4.74 Å². The van der Waals surface area contributed by atoms with Crippen molar-refractivity contribution in [2.75, 3.05) is 31.6 Å². The molecule has 10 heteroatoms. The molecule has 4 heterocycles. The molecule has 0 radical (unpaired) electrons. The zero-order chi connectivity index (χ0) is 25.4. The number of hydrogen-bond acceptors (Lipinski definition) is 8. The van der Waals surface area contributed by atoms with E-state index in [-0.39, 0.29) is 17.5 Å². The molecule has 0 spiro atoms. The lowest BCUT2D eigenvalue weighted by Crippen LogP contribution is -2.41. The van der Waals surface area contributed by atoms with Crippen LogP contribution >= 0.6 is 11.3 Å². The number of benzene rings is 2. The van der Waals surface area contributed by atoms with Crippen LogP contribution in [0.4, 0.5) is 5.82 Å². The Kier molecular flexibility index (Phi) is 6.11. The average molecular weight is 513 g/mol. The van der Waals surface area contributed by atoms with Gasteiger partial charge in [-0.05, 0) is 36.6 Å². The van der Waals surface area contributed by atoms with E-state index in [1.807, 2.05) is 55.5 Å². The minimum atomic E-state index is -0.310. The zero-order valence-corrected chi connectivity index (χ0v) is 20.9. The standard InChI is InChI=1S/C27H24N6O3S/c1-17(31-24-23-25(29-15-28-24)37-16-30-23)21-14-18-6-5-9-20(26(34)32-10-12-36-13-11-32)22(18)27(35)33(21)19-7-3-2-4-8-19/h2-9,14-17H,10-13H2,1H3,(H,28,29,31). The summed E-state index contributed by atoms with van der Waals surface area (Å²) in [5, 5.41) is 4.54. The van der Waals surface area contributed by atoms with Gasteiger partial charge in [0.05, 0.1) is 35.7 Å². The number of hydrogen-bond donors (Lipinski definition) is 1. The highest BCUT2D eigenvalue weighted by Crippen LogP contribution is 2.28. The van der Waals surface area contributed by atoms with E-state index >= 15 is 0 Å². The van der Waals surface area contributed by atoms with Crippen molar-refractivity contribution >= 4 is 44.2 Å². The Morgan fingerprint density at radius 2 is 1.86 bits per heavy atom. The van der Waals surface area contributed by atoms with Crippen molar-refractivity contribution in [2.45, 2.75) is 13.0 Å². The molecule has 9 nitrogen and oxygen atoms in total. The van der Waals surface area contributed by atoms with Crippen LogP contribution in [0.5, 0.6) is 0 Å². The van der Waals surface area contributed by atoms with Gasteiger partial charge in [0.15, 0.2) is 5.82 Å². The number of ether oxygens (including phenoxy) is 1. The fraction of sp³-hybridized carbons (Fsp3) is 0.222. The van der Waals surface area contributed by atoms with Crippen molar-refractivity contribution < 1.29 is 9.53 Å². The topological polar surface area (TPSA) is 102 Å². The smallest absolute Gasteiger partial charge is 0.264 e. The molecule has 186 valence electrons. The molecule has 1 N–H and O–H groups in total. The number of thiazole rings is 1. The summed E-state index contributed by atoms with van der Waals surface area (Å²) in [6.45, 7) is 3.97. The summed E-state index contributed by atoms with van der Waals surface area (Å²) >= 11 is 1.44. The molecule has 1 aliphatic rings. The quantitative estimate of drug-likeness (QED) is 0.379. The van der Waals surface area contributed by atoms with Crippen molar-refractivity contribution in [1.82, 2.24) is 24.4 Å². The van der Waals surface area contributed by atoms with Crippen LogP contribution in [0, 0.1) is 0 Å². The van der Waals surface area contributed by atoms with Gasteiger partial charge in [-0.3, -0.25) is 14.2 Å². The van der Waals surface area contributed by atoms with E-state index in [1.54, 1.807) is 21.0 Å². The van der Waals surface area contributed by atoms with E-state index in [2.05, 4.69) is 20.3 Å². The van der Waals surface area contributed by atoms with Crippen LogP contribution < -0.4 is 10.9 Å². The number of amides is 1. The van der Waals surface area contributed by atoms with Gasteiger partial charge in [-0.2, -0.15) is 0 Å². The normalized spacial score (nSPS) is 14.7. The molecule has 3 aromatic heterocycles. The van der Waals surface area contributed by atoms with Crippen LogP contribution in [0.2, 0.25) is 0 Å². The third-order valence-corrected chi connectivity index (χ3v) is 7.28. The summed E-state index contributed by atoms with van der Waals surface area (Å²) in [7, 11) is 0. The van der Waals surface area contributed by atoms with E-state index in [4.69, 9.17) is 4.74 Å². The molecule has 37 heavy (non-hydrogen) atoms. The monoisotopic (exact) mass is 512 g/mol. The Morgan fingerprint density at radius 3 is 2.68 bits per heavy atom. The molecular formula is C27H24N6O3S. The Morgan fingerprint density at radius 1 is 1.05 bits per heavy atom. The van der Waals surface area contributed by atoms with Crippen LogP contribution in [0.3, 0.4) is 0 Å². The number of para-hydroxylation sites is 1. The van der Waals surface area contributed by atoms with E-state index in [1.165, 1.54) is 17.7 Å². The number of fused-ring (bicyclic) bond motifs is 2. The molecule has 1 saturated heterocycles. The molecule has 0 bridgehead atoms. The molecular weight excluding hydrogens is 488 g/mol. The van der Waals surface area contributed by atoms with Crippen molar-refractivity contribution in [3.05, 3.63) is 88.0 Å². The average Bonchev–Trinajstić information content (AvgIpc) is 3.43. The second-order valence-electron chi connectivity index (χ2n) is 8.81. The van der Waals surface area contributed by atoms with Gasteiger partial charge in [0.2, 0.25) is 0 Å². The zero-order valence-electron chi connectivity index (χ0n) is 20.1. The van der Waals surface area contributed by atoms with E-state index < -0.39 is 0 Å². The third kappa shape index (κ3) is 4.24. The van der Waals surface area contributed by atoms with Crippen LogP contribution in [-0.4, -0.2) is 56.6 Å². The predicted molar refractivity (Wildman–Crippen MR) is 144 cm³/mol. The first-order valence-electron chi connectivity index (χ1n) is 12.0. The second-order valence-corrected chi connectivity index (χ2v) is 9.65. The SMILES string of the molecule is CC(Nc1ncnc2scnc12)c1cc2cccc(C(=O)N3CCOCC3)c2c(=O)n1-c1ccccc1. The third-order valence-electron chi connectivity index (χ3n) is 6.55. The van der Waals surface area contributed by atoms with Gasteiger partial charge in [-0.15, -0.1) is 11.3 Å². The summed E-state index contributed by atoms with van der Waals surface area (Å²) in [5.41, 5.74) is 4.03. The van der Waals surface area contributed by atoms with Gasteiger partial charge in [0.25, 0.3) is 11.5 Å². The molecule has 1 unspecified atom stereocenters. The van der Waals surface area contributed by atoms with E-state index in [9.17, 15) is 9.59 Å². The summed E-state index contributed by atoms with van der Waals surface area (Å²) < 4.78 is 7.08. The highest BCUT2D eigenvalue weighted by atomic mass is 32.1. The van der Waals surface area contributed by atoms with Gasteiger partial charge < -0.3 is 15.0 Å². The first-order valence-corrected chi connectivity index (χ1v) is 12.9. The number of carbonyl (C=O) groups excluding carboxylic acids is 1. The highest BCUT2D eigenvalue weighted by Gasteiger charge is 2.24. The number of pyridine rings is 1. The molecule has 2 aromatic carbocycles. The second kappa shape index (κ2) is 9.72. The van der Waals surface area contributed by atoms with Crippen LogP contribution in [0.25, 0.3) is 26.8 Å². The lowest BCUT2D eigenvalue weighted by molar-refractivity contribution is 0.0304. The first-order chi connectivity index (χ1) is 18.1. The Labute approximate surface area is 216 Å². The Hall–Kier alpha value is -4.15. The van der Waals surface area contributed by atoms with Crippen molar-refractivity contribution in [3.63, 3.8) is 0 Å². The molecule has 1 atom stereocenters. The van der Waals surface area contributed by atoms with Gasteiger partial charge in [0.1, 0.15) is 16.7 Å². The molecule has 0 saturated carbocycles. The first kappa shape index (κ1) is 23.3. The molecule has 0 aliphatic carbocycles. The summed E-state index contributed by atoms with van der Waals surface area (Å²) in [5.74, 6) is 0.443. The van der Waals surface area contributed by atoms with E-state index in [0.29, 0.717) is 59.7 Å². The minimum Gasteiger partial charge on any atom is -0.378 e. The number of nitrogens with zero attached hydrogens (tertiary/aromatic N) is 5. The summed E-state index contributed by atoms with van der Waals surface area (Å²) in [6.07, 6.45) is 1.50.